The molecule has 0 aliphatic carbocycles. The first-order chi connectivity index (χ1) is 16.8. The molecule has 0 N–H and O–H groups in total. The highest BCUT2D eigenvalue weighted by Crippen LogP contribution is 2.39. The average Bonchev–Trinajstić information content (AvgIpc) is 3.57. The van der Waals surface area contributed by atoms with Crippen LogP contribution < -0.4 is 0 Å². The molecule has 0 bridgehead atoms. The molecule has 4 aromatic rings. The van der Waals surface area contributed by atoms with Crippen molar-refractivity contribution in [2.45, 2.75) is 57.9 Å². The number of aromatic nitrogens is 6. The van der Waals surface area contributed by atoms with E-state index in [1.165, 1.54) is 0 Å². The van der Waals surface area contributed by atoms with Gasteiger partial charge in [-0.15, -0.1) is 5.10 Å². The third kappa shape index (κ3) is 5.34. The van der Waals surface area contributed by atoms with Crippen LogP contribution in [0.25, 0.3) is 27.8 Å². The summed E-state index contributed by atoms with van der Waals surface area (Å²) >= 11 is 13.1. The number of fused-ring (bicyclic) bond motifs is 1. The Labute approximate surface area is 215 Å². The molecule has 35 heavy (non-hydrogen) atoms. The third-order valence-corrected chi connectivity index (χ3v) is 8.69. The fourth-order valence-electron chi connectivity index (χ4n) is 4.22. The fraction of sp³-hybridized carbons (Fsp3) is 0.458. The SMILES string of the molecule is C[Si](C)(C)CCOCn1ncc(-n2cc(-c3cnn(C4CCCCO4)c3)c3ccc(Cl)c(Cl)c32)n1. The van der Waals surface area contributed by atoms with Crippen molar-refractivity contribution in [3.8, 4) is 16.9 Å². The second-order valence-corrected chi connectivity index (χ2v) is 16.5. The highest BCUT2D eigenvalue weighted by molar-refractivity contribution is 6.76. The number of halogens is 2. The summed E-state index contributed by atoms with van der Waals surface area (Å²) in [6.45, 7) is 8.77. The third-order valence-electron chi connectivity index (χ3n) is 6.20. The Balaban J connectivity index is 1.46. The molecule has 1 aromatic carbocycles. The average molecular weight is 534 g/mol. The van der Waals surface area contributed by atoms with Gasteiger partial charge in [-0.1, -0.05) is 48.9 Å². The molecule has 0 spiro atoms. The molecule has 11 heteroatoms. The topological polar surface area (TPSA) is 71.9 Å². The van der Waals surface area contributed by atoms with Gasteiger partial charge in [-0.25, -0.2) is 4.68 Å². The number of ether oxygens (including phenoxy) is 2. The molecule has 5 rings (SSSR count). The number of rotatable bonds is 8. The Kier molecular flexibility index (Phi) is 7.05. The van der Waals surface area contributed by atoms with Gasteiger partial charge >= 0.3 is 0 Å². The van der Waals surface area contributed by atoms with Crippen LogP contribution in [0.15, 0.2) is 36.9 Å². The molecule has 1 atom stereocenters. The van der Waals surface area contributed by atoms with Crippen molar-refractivity contribution in [2.24, 2.45) is 0 Å². The van der Waals surface area contributed by atoms with Crippen LogP contribution in [0.2, 0.25) is 35.7 Å². The highest BCUT2D eigenvalue weighted by Gasteiger charge is 2.21. The highest BCUT2D eigenvalue weighted by atomic mass is 35.5. The Morgan fingerprint density at radius 1 is 1.11 bits per heavy atom. The van der Waals surface area contributed by atoms with Gasteiger partial charge in [0.15, 0.2) is 12.5 Å². The van der Waals surface area contributed by atoms with E-state index in [0.29, 0.717) is 29.2 Å². The van der Waals surface area contributed by atoms with Crippen LogP contribution in [-0.2, 0) is 16.2 Å². The zero-order valence-electron chi connectivity index (χ0n) is 20.2. The van der Waals surface area contributed by atoms with Gasteiger partial charge < -0.3 is 9.47 Å². The first kappa shape index (κ1) is 24.5. The van der Waals surface area contributed by atoms with Crippen LogP contribution in [-0.4, -0.2) is 50.6 Å². The lowest BCUT2D eigenvalue weighted by Crippen LogP contribution is -2.22. The van der Waals surface area contributed by atoms with E-state index >= 15 is 0 Å². The van der Waals surface area contributed by atoms with E-state index in [4.69, 9.17) is 32.7 Å². The number of benzene rings is 1. The predicted octanol–water partition coefficient (Wildman–Crippen LogP) is 6.40. The van der Waals surface area contributed by atoms with Crippen LogP contribution >= 0.6 is 23.2 Å². The lowest BCUT2D eigenvalue weighted by Gasteiger charge is -2.22. The van der Waals surface area contributed by atoms with Gasteiger partial charge in [0, 0.05) is 50.2 Å². The minimum absolute atomic E-state index is 0.0234. The molecular formula is C24H30Cl2N6O2Si. The Bertz CT molecular complexity index is 1320. The molecule has 0 saturated carbocycles. The van der Waals surface area contributed by atoms with Crippen molar-refractivity contribution >= 4 is 42.2 Å². The summed E-state index contributed by atoms with van der Waals surface area (Å²) in [7, 11) is -1.15. The van der Waals surface area contributed by atoms with Crippen LogP contribution in [0.3, 0.4) is 0 Å². The van der Waals surface area contributed by atoms with Gasteiger partial charge in [-0.2, -0.15) is 15.0 Å². The van der Waals surface area contributed by atoms with Crippen molar-refractivity contribution in [1.82, 2.24) is 29.3 Å². The summed E-state index contributed by atoms with van der Waals surface area (Å²) in [6, 6.07) is 4.89. The zero-order chi connectivity index (χ0) is 24.6. The second kappa shape index (κ2) is 10.1. The quantitative estimate of drug-likeness (QED) is 0.194. The van der Waals surface area contributed by atoms with Gasteiger partial charge in [-0.05, 0) is 31.4 Å². The number of hydrogen-bond acceptors (Lipinski definition) is 5. The summed E-state index contributed by atoms with van der Waals surface area (Å²) in [5.74, 6) is 0.641. The van der Waals surface area contributed by atoms with Gasteiger partial charge in [0.1, 0.15) is 6.23 Å². The van der Waals surface area contributed by atoms with E-state index in [1.54, 1.807) is 11.0 Å². The van der Waals surface area contributed by atoms with Crippen molar-refractivity contribution in [1.29, 1.82) is 0 Å². The van der Waals surface area contributed by atoms with Crippen molar-refractivity contribution in [3.63, 3.8) is 0 Å². The smallest absolute Gasteiger partial charge is 0.179 e. The molecule has 1 aliphatic rings. The summed E-state index contributed by atoms with van der Waals surface area (Å²) < 4.78 is 15.5. The molecule has 1 aliphatic heterocycles. The second-order valence-electron chi connectivity index (χ2n) is 10.1. The Morgan fingerprint density at radius 3 is 2.74 bits per heavy atom. The monoisotopic (exact) mass is 532 g/mol. The largest absolute Gasteiger partial charge is 0.358 e. The number of nitrogens with zero attached hydrogens (tertiary/aromatic N) is 6. The maximum Gasteiger partial charge on any atom is 0.179 e. The van der Waals surface area contributed by atoms with Crippen molar-refractivity contribution in [3.05, 3.63) is 47.0 Å². The molecule has 8 nitrogen and oxygen atoms in total. The van der Waals surface area contributed by atoms with E-state index in [1.807, 2.05) is 40.0 Å². The van der Waals surface area contributed by atoms with E-state index < -0.39 is 8.07 Å². The van der Waals surface area contributed by atoms with E-state index in [0.717, 1.165) is 53.9 Å². The van der Waals surface area contributed by atoms with Crippen LogP contribution in [0.4, 0.5) is 0 Å². The Morgan fingerprint density at radius 2 is 1.97 bits per heavy atom. The normalized spacial score (nSPS) is 16.9. The van der Waals surface area contributed by atoms with Gasteiger partial charge in [0.2, 0.25) is 0 Å². The summed E-state index contributed by atoms with van der Waals surface area (Å²) in [5, 5.41) is 15.5. The zero-order valence-corrected chi connectivity index (χ0v) is 22.8. The maximum atomic E-state index is 6.69. The lowest BCUT2D eigenvalue weighted by molar-refractivity contribution is -0.0394. The first-order valence-corrected chi connectivity index (χ1v) is 16.4. The molecule has 1 unspecified atom stereocenters. The molecule has 3 aromatic heterocycles. The molecule has 0 amide bonds. The maximum absolute atomic E-state index is 6.69. The van der Waals surface area contributed by atoms with Crippen LogP contribution in [0.5, 0.6) is 0 Å². The number of hydrogen-bond donors (Lipinski definition) is 0. The van der Waals surface area contributed by atoms with E-state index in [9.17, 15) is 0 Å². The van der Waals surface area contributed by atoms with Gasteiger partial charge in [-0.3, -0.25) is 4.57 Å². The molecule has 186 valence electrons. The van der Waals surface area contributed by atoms with Gasteiger partial charge in [0.05, 0.1) is 28.0 Å². The predicted molar refractivity (Wildman–Crippen MR) is 141 cm³/mol. The summed E-state index contributed by atoms with van der Waals surface area (Å²) in [4.78, 5) is 1.56. The molecule has 1 fully saturated rings. The van der Waals surface area contributed by atoms with Gasteiger partial charge in [0.25, 0.3) is 0 Å². The van der Waals surface area contributed by atoms with Crippen molar-refractivity contribution in [2.75, 3.05) is 13.2 Å². The lowest BCUT2D eigenvalue weighted by atomic mass is 10.1. The van der Waals surface area contributed by atoms with Crippen molar-refractivity contribution < 1.29 is 9.47 Å². The summed E-state index contributed by atoms with van der Waals surface area (Å²) in [6.07, 6.45) is 10.8. The minimum Gasteiger partial charge on any atom is -0.358 e. The van der Waals surface area contributed by atoms with E-state index in [-0.39, 0.29) is 6.23 Å². The first-order valence-electron chi connectivity index (χ1n) is 11.9. The standard InChI is InChI=1S/C24H30Cl2N6O2Si/c1-35(2,3)11-10-33-16-32-28-13-21(29-32)30-15-19(18-7-8-20(25)23(26)24(18)30)17-12-27-31(14-17)22-6-4-5-9-34-22/h7-8,12-15,22H,4-6,9-11,16H2,1-3H3. The minimum atomic E-state index is -1.15. The molecule has 1 saturated heterocycles. The molecular weight excluding hydrogens is 503 g/mol. The van der Waals surface area contributed by atoms with Crippen LogP contribution in [0.1, 0.15) is 25.5 Å². The fourth-order valence-corrected chi connectivity index (χ4v) is 5.38. The Hall–Kier alpha value is -2.17. The molecule has 4 heterocycles. The van der Waals surface area contributed by atoms with Crippen LogP contribution in [0, 0.1) is 0 Å². The van der Waals surface area contributed by atoms with E-state index in [2.05, 4.69) is 34.9 Å². The summed E-state index contributed by atoms with van der Waals surface area (Å²) in [5.41, 5.74) is 2.74. The molecule has 0 radical (unpaired) electrons.